The van der Waals surface area contributed by atoms with Gasteiger partial charge in [0.2, 0.25) is 0 Å². The van der Waals surface area contributed by atoms with Crippen LogP contribution < -0.4 is 0 Å². The molecule has 0 radical (unpaired) electrons. The summed E-state index contributed by atoms with van der Waals surface area (Å²) in [5.74, 6) is -0.901. The zero-order valence-corrected chi connectivity index (χ0v) is 12.9. The van der Waals surface area contributed by atoms with Crippen molar-refractivity contribution in [3.8, 4) is 0 Å². The molecule has 0 aliphatic heterocycles. The van der Waals surface area contributed by atoms with Gasteiger partial charge < -0.3 is 14.7 Å². The molecular formula is C15H22N2O4. The number of carboxylic acids is 1. The number of carboxylic acid groups (broad SMARTS) is 1. The van der Waals surface area contributed by atoms with Crippen LogP contribution in [-0.4, -0.2) is 39.7 Å². The maximum atomic E-state index is 12.2. The molecule has 0 spiro atoms. The van der Waals surface area contributed by atoms with E-state index in [2.05, 4.69) is 4.98 Å². The number of aromatic nitrogens is 1. The maximum absolute atomic E-state index is 12.2. The lowest BCUT2D eigenvalue weighted by atomic mass is 10.0. The molecule has 21 heavy (non-hydrogen) atoms. The fourth-order valence-electron chi connectivity index (χ4n) is 1.88. The molecule has 1 N–H and O–H groups in total. The third kappa shape index (κ3) is 5.81. The Morgan fingerprint density at radius 2 is 2.10 bits per heavy atom. The molecule has 1 aromatic rings. The van der Waals surface area contributed by atoms with Crippen molar-refractivity contribution in [2.75, 3.05) is 7.05 Å². The van der Waals surface area contributed by atoms with E-state index in [1.165, 1.54) is 4.90 Å². The number of nitrogens with zero attached hydrogens (tertiary/aromatic N) is 2. The van der Waals surface area contributed by atoms with Crippen LogP contribution in [-0.2, 0) is 9.53 Å². The Balaban J connectivity index is 2.90. The van der Waals surface area contributed by atoms with Crippen molar-refractivity contribution < 1.29 is 19.4 Å². The molecule has 0 saturated heterocycles. The van der Waals surface area contributed by atoms with E-state index in [0.29, 0.717) is 6.42 Å². The minimum atomic E-state index is -0.901. The van der Waals surface area contributed by atoms with Crippen LogP contribution in [0, 0.1) is 0 Å². The van der Waals surface area contributed by atoms with Crippen molar-refractivity contribution in [2.24, 2.45) is 0 Å². The van der Waals surface area contributed by atoms with Crippen LogP contribution in [0.15, 0.2) is 24.5 Å². The minimum absolute atomic E-state index is 0.0350. The van der Waals surface area contributed by atoms with Crippen LogP contribution in [0.2, 0.25) is 0 Å². The fourth-order valence-corrected chi connectivity index (χ4v) is 1.88. The van der Waals surface area contributed by atoms with E-state index in [9.17, 15) is 9.59 Å². The van der Waals surface area contributed by atoms with Crippen molar-refractivity contribution in [1.82, 2.24) is 9.88 Å². The number of ether oxygens (including phenoxy) is 1. The first kappa shape index (κ1) is 16.9. The molecule has 1 aromatic heterocycles. The predicted octanol–water partition coefficient (Wildman–Crippen LogP) is 2.85. The van der Waals surface area contributed by atoms with Gasteiger partial charge in [0.1, 0.15) is 5.60 Å². The average molecular weight is 294 g/mol. The molecule has 0 aliphatic rings. The van der Waals surface area contributed by atoms with E-state index in [1.54, 1.807) is 46.3 Å². The summed E-state index contributed by atoms with van der Waals surface area (Å²) >= 11 is 0. The topological polar surface area (TPSA) is 79.7 Å². The highest BCUT2D eigenvalue weighted by Crippen LogP contribution is 2.25. The Hall–Kier alpha value is -2.11. The van der Waals surface area contributed by atoms with E-state index in [1.807, 2.05) is 6.07 Å². The second kappa shape index (κ2) is 7.06. The number of hydrogen-bond donors (Lipinski definition) is 1. The van der Waals surface area contributed by atoms with Gasteiger partial charge in [-0.1, -0.05) is 6.07 Å². The monoisotopic (exact) mass is 294 g/mol. The van der Waals surface area contributed by atoms with Gasteiger partial charge in [-0.25, -0.2) is 4.79 Å². The molecule has 1 amide bonds. The second-order valence-corrected chi connectivity index (χ2v) is 5.83. The molecule has 0 aromatic carbocycles. The number of aliphatic carboxylic acids is 1. The first-order valence-electron chi connectivity index (χ1n) is 6.78. The van der Waals surface area contributed by atoms with E-state index in [4.69, 9.17) is 9.84 Å². The van der Waals surface area contributed by atoms with Gasteiger partial charge in [-0.3, -0.25) is 9.78 Å². The van der Waals surface area contributed by atoms with Gasteiger partial charge >= 0.3 is 12.1 Å². The highest BCUT2D eigenvalue weighted by molar-refractivity contribution is 5.69. The molecule has 1 rings (SSSR count). The van der Waals surface area contributed by atoms with Gasteiger partial charge in [0, 0.05) is 25.9 Å². The van der Waals surface area contributed by atoms with Gasteiger partial charge in [0.15, 0.2) is 0 Å². The summed E-state index contributed by atoms with van der Waals surface area (Å²) in [6.45, 7) is 5.36. The Morgan fingerprint density at radius 1 is 1.43 bits per heavy atom. The molecule has 0 aliphatic carbocycles. The van der Waals surface area contributed by atoms with Crippen LogP contribution in [0.5, 0.6) is 0 Å². The Kier molecular flexibility index (Phi) is 5.69. The highest BCUT2D eigenvalue weighted by Gasteiger charge is 2.26. The van der Waals surface area contributed by atoms with Crippen LogP contribution in [0.1, 0.15) is 45.2 Å². The standard InChI is InChI=1S/C15H22N2O4/c1-15(2,3)21-14(20)17(4)12(7-8-13(18)19)11-6-5-9-16-10-11/h5-6,9-10,12H,7-8H2,1-4H3,(H,18,19). The van der Waals surface area contributed by atoms with E-state index in [-0.39, 0.29) is 12.5 Å². The molecular weight excluding hydrogens is 272 g/mol. The molecule has 0 saturated carbocycles. The van der Waals surface area contributed by atoms with E-state index in [0.717, 1.165) is 5.56 Å². The lowest BCUT2D eigenvalue weighted by Crippen LogP contribution is -2.37. The fraction of sp³-hybridized carbons (Fsp3) is 0.533. The van der Waals surface area contributed by atoms with Crippen LogP contribution in [0.3, 0.4) is 0 Å². The van der Waals surface area contributed by atoms with Crippen LogP contribution in [0.25, 0.3) is 0 Å². The summed E-state index contributed by atoms with van der Waals surface area (Å²) in [7, 11) is 1.60. The van der Waals surface area contributed by atoms with Gasteiger partial charge in [0.25, 0.3) is 0 Å². The predicted molar refractivity (Wildman–Crippen MR) is 77.8 cm³/mol. The van der Waals surface area contributed by atoms with Crippen LogP contribution in [0.4, 0.5) is 4.79 Å². The second-order valence-electron chi connectivity index (χ2n) is 5.83. The highest BCUT2D eigenvalue weighted by atomic mass is 16.6. The normalized spacial score (nSPS) is 12.6. The Morgan fingerprint density at radius 3 is 2.57 bits per heavy atom. The number of amides is 1. The lowest BCUT2D eigenvalue weighted by Gasteiger charge is -2.30. The molecule has 1 atom stereocenters. The van der Waals surface area contributed by atoms with Gasteiger partial charge in [-0.05, 0) is 38.8 Å². The van der Waals surface area contributed by atoms with Gasteiger partial charge in [-0.2, -0.15) is 0 Å². The van der Waals surface area contributed by atoms with Crippen molar-refractivity contribution in [1.29, 1.82) is 0 Å². The number of carbonyl (C=O) groups excluding carboxylic acids is 1. The largest absolute Gasteiger partial charge is 0.481 e. The number of pyridine rings is 1. The van der Waals surface area contributed by atoms with Gasteiger partial charge in [-0.15, -0.1) is 0 Å². The summed E-state index contributed by atoms with van der Waals surface area (Å²) in [5.41, 5.74) is 0.185. The zero-order chi connectivity index (χ0) is 16.0. The number of carbonyl (C=O) groups is 2. The summed E-state index contributed by atoms with van der Waals surface area (Å²) in [5, 5.41) is 8.87. The summed E-state index contributed by atoms with van der Waals surface area (Å²) < 4.78 is 5.33. The maximum Gasteiger partial charge on any atom is 0.410 e. The molecule has 6 nitrogen and oxygen atoms in total. The van der Waals surface area contributed by atoms with Gasteiger partial charge in [0.05, 0.1) is 6.04 Å². The third-order valence-corrected chi connectivity index (χ3v) is 2.85. The number of hydrogen-bond acceptors (Lipinski definition) is 4. The average Bonchev–Trinajstić information content (AvgIpc) is 2.37. The van der Waals surface area contributed by atoms with Crippen molar-refractivity contribution in [3.63, 3.8) is 0 Å². The van der Waals surface area contributed by atoms with Crippen molar-refractivity contribution in [2.45, 2.75) is 45.3 Å². The van der Waals surface area contributed by atoms with Crippen molar-refractivity contribution >= 4 is 12.1 Å². The smallest absolute Gasteiger partial charge is 0.410 e. The molecule has 0 fully saturated rings. The summed E-state index contributed by atoms with van der Waals surface area (Å²) in [6, 6.07) is 3.19. The zero-order valence-electron chi connectivity index (χ0n) is 12.9. The first-order chi connectivity index (χ1) is 9.70. The first-order valence-corrected chi connectivity index (χ1v) is 6.78. The molecule has 116 valence electrons. The summed E-state index contributed by atoms with van der Waals surface area (Å²) in [6.07, 6.45) is 3.05. The SMILES string of the molecule is CN(C(=O)OC(C)(C)C)C(CCC(=O)O)c1cccnc1. The quantitative estimate of drug-likeness (QED) is 0.903. The third-order valence-electron chi connectivity index (χ3n) is 2.85. The van der Waals surface area contributed by atoms with Crippen LogP contribution >= 0.6 is 0 Å². The molecule has 1 unspecified atom stereocenters. The minimum Gasteiger partial charge on any atom is -0.481 e. The lowest BCUT2D eigenvalue weighted by molar-refractivity contribution is -0.137. The number of rotatable bonds is 5. The molecule has 6 heteroatoms. The molecule has 1 heterocycles. The Bertz CT molecular complexity index is 482. The van der Waals surface area contributed by atoms with E-state index >= 15 is 0 Å². The van der Waals surface area contributed by atoms with E-state index < -0.39 is 17.7 Å². The Labute approximate surface area is 124 Å². The molecule has 0 bridgehead atoms. The summed E-state index contributed by atoms with van der Waals surface area (Å²) in [4.78, 5) is 28.4. The van der Waals surface area contributed by atoms with Crippen molar-refractivity contribution in [3.05, 3.63) is 30.1 Å².